The van der Waals surface area contributed by atoms with Crippen molar-refractivity contribution in [1.29, 1.82) is 0 Å². The Labute approximate surface area is 198 Å². The normalized spacial score (nSPS) is 11.9. The zero-order valence-corrected chi connectivity index (χ0v) is 23.4. The molecule has 0 saturated carbocycles. The summed E-state index contributed by atoms with van der Waals surface area (Å²) >= 11 is 0. The summed E-state index contributed by atoms with van der Waals surface area (Å²) in [6, 6.07) is 12.7. The Balaban J connectivity index is 3.44. The molecule has 0 aliphatic heterocycles. The Morgan fingerprint density at radius 1 is 0.594 bits per heavy atom. The Morgan fingerprint density at radius 2 is 0.844 bits per heavy atom. The number of unbranched alkanes of at least 4 members (excludes halogenated alkanes) is 4. The van der Waals surface area contributed by atoms with Crippen LogP contribution in [0.1, 0.15) is 92.9 Å². The topological polar surface area (TPSA) is 52.6 Å². The van der Waals surface area contributed by atoms with Gasteiger partial charge in [0.05, 0.1) is 0 Å². The molecular weight excluding hydrogens is 432 g/mol. The number of hydrogen-bond donors (Lipinski definition) is 0. The highest BCUT2D eigenvalue weighted by atomic mass is 28.4. The van der Waals surface area contributed by atoms with E-state index in [-0.39, 0.29) is 11.9 Å². The molecule has 1 aromatic carbocycles. The summed E-state index contributed by atoms with van der Waals surface area (Å²) in [7, 11) is -4.77. The van der Waals surface area contributed by atoms with Gasteiger partial charge in [0.1, 0.15) is 0 Å². The molecule has 0 amide bonds. The Morgan fingerprint density at radius 3 is 1.03 bits per heavy atom. The molecule has 4 nitrogen and oxygen atoms in total. The van der Waals surface area contributed by atoms with Crippen LogP contribution in [0.15, 0.2) is 24.3 Å². The fourth-order valence-corrected chi connectivity index (χ4v) is 13.3. The van der Waals surface area contributed by atoms with Crippen molar-refractivity contribution in [1.82, 2.24) is 0 Å². The van der Waals surface area contributed by atoms with Gasteiger partial charge < -0.3 is 8.85 Å². The van der Waals surface area contributed by atoms with Gasteiger partial charge in [0.15, 0.2) is 0 Å². The van der Waals surface area contributed by atoms with Gasteiger partial charge in [0.25, 0.3) is 28.6 Å². The van der Waals surface area contributed by atoms with Crippen LogP contribution in [0.5, 0.6) is 0 Å². The molecular formula is C26H46O4Si2. The minimum Gasteiger partial charge on any atom is -0.515 e. The van der Waals surface area contributed by atoms with Crippen LogP contribution in [-0.2, 0) is 18.4 Å². The maximum Gasteiger partial charge on any atom is 0.289 e. The first-order valence-corrected chi connectivity index (χ1v) is 17.4. The highest BCUT2D eigenvalue weighted by molar-refractivity contribution is 6.89. The summed E-state index contributed by atoms with van der Waals surface area (Å²) in [4.78, 5) is 24.2. The van der Waals surface area contributed by atoms with Gasteiger partial charge in [-0.25, -0.2) is 0 Å². The lowest BCUT2D eigenvalue weighted by Gasteiger charge is -2.33. The predicted octanol–water partition coefficient (Wildman–Crippen LogP) is 6.32. The van der Waals surface area contributed by atoms with Crippen molar-refractivity contribution < 1.29 is 18.4 Å². The number of hydrogen-bond acceptors (Lipinski definition) is 4. The number of rotatable bonds is 16. The molecule has 0 aliphatic carbocycles. The van der Waals surface area contributed by atoms with Gasteiger partial charge in [0.2, 0.25) is 0 Å². The molecule has 0 aromatic heterocycles. The quantitative estimate of drug-likeness (QED) is 0.261. The van der Waals surface area contributed by atoms with Crippen molar-refractivity contribution in [3.05, 3.63) is 24.3 Å². The monoisotopic (exact) mass is 478 g/mol. The lowest BCUT2D eigenvalue weighted by molar-refractivity contribution is -0.133. The Kier molecular flexibility index (Phi) is 13.1. The lowest BCUT2D eigenvalue weighted by Crippen LogP contribution is -2.54. The molecule has 1 aromatic rings. The van der Waals surface area contributed by atoms with E-state index in [9.17, 15) is 9.59 Å². The van der Waals surface area contributed by atoms with E-state index in [1.54, 1.807) is 13.8 Å². The summed E-state index contributed by atoms with van der Waals surface area (Å²) in [5, 5.41) is 2.41. The van der Waals surface area contributed by atoms with E-state index in [0.717, 1.165) is 75.5 Å². The maximum absolute atomic E-state index is 12.1. The van der Waals surface area contributed by atoms with E-state index in [2.05, 4.69) is 52.0 Å². The minimum atomic E-state index is -2.38. The molecule has 32 heavy (non-hydrogen) atoms. The van der Waals surface area contributed by atoms with Gasteiger partial charge in [-0.2, -0.15) is 0 Å². The molecule has 6 heteroatoms. The zero-order chi connectivity index (χ0) is 24.0. The van der Waals surface area contributed by atoms with Gasteiger partial charge in [-0.1, -0.05) is 103 Å². The number of carbonyl (C=O) groups excluding carboxylic acids is 2. The summed E-state index contributed by atoms with van der Waals surface area (Å²) < 4.78 is 12.3. The smallest absolute Gasteiger partial charge is 0.289 e. The number of benzene rings is 1. The van der Waals surface area contributed by atoms with E-state index < -0.39 is 16.6 Å². The van der Waals surface area contributed by atoms with Crippen molar-refractivity contribution in [2.45, 2.75) is 117 Å². The molecule has 0 fully saturated rings. The molecule has 0 aliphatic rings. The summed E-state index contributed by atoms with van der Waals surface area (Å²) in [5.74, 6) is -0.329. The third-order valence-electron chi connectivity index (χ3n) is 6.35. The first-order valence-electron chi connectivity index (χ1n) is 12.8. The van der Waals surface area contributed by atoms with E-state index in [0.29, 0.717) is 0 Å². The largest absolute Gasteiger partial charge is 0.515 e. The minimum absolute atomic E-state index is 0.164. The first-order chi connectivity index (χ1) is 15.3. The summed E-state index contributed by atoms with van der Waals surface area (Å²) in [5.41, 5.74) is 0. The number of carbonyl (C=O) groups is 2. The third-order valence-corrected chi connectivity index (χ3v) is 15.1. The van der Waals surface area contributed by atoms with Crippen LogP contribution in [0.4, 0.5) is 0 Å². The highest BCUT2D eigenvalue weighted by Crippen LogP contribution is 2.26. The molecule has 0 bridgehead atoms. The predicted molar refractivity (Wildman–Crippen MR) is 140 cm³/mol. The van der Waals surface area contributed by atoms with Crippen LogP contribution >= 0.6 is 0 Å². The molecule has 1 rings (SSSR count). The average Bonchev–Trinajstić information content (AvgIpc) is 2.77. The van der Waals surface area contributed by atoms with E-state index in [1.165, 1.54) is 10.4 Å². The Hall–Kier alpha value is -1.41. The van der Waals surface area contributed by atoms with Gasteiger partial charge >= 0.3 is 0 Å². The second-order valence-electron chi connectivity index (χ2n) is 9.17. The van der Waals surface area contributed by atoms with Crippen molar-refractivity contribution in [2.24, 2.45) is 0 Å². The Bertz CT molecular complexity index is 613. The molecule has 0 saturated heterocycles. The van der Waals surface area contributed by atoms with E-state index in [1.807, 2.05) is 0 Å². The van der Waals surface area contributed by atoms with Crippen LogP contribution < -0.4 is 10.4 Å². The molecule has 0 spiro atoms. The van der Waals surface area contributed by atoms with Crippen molar-refractivity contribution in [2.75, 3.05) is 0 Å². The highest BCUT2D eigenvalue weighted by Gasteiger charge is 2.42. The van der Waals surface area contributed by atoms with Crippen molar-refractivity contribution in [3.63, 3.8) is 0 Å². The fraction of sp³-hybridized carbons (Fsp3) is 0.692. The van der Waals surface area contributed by atoms with Gasteiger partial charge in [-0.3, -0.25) is 9.59 Å². The maximum atomic E-state index is 12.1. The first kappa shape index (κ1) is 28.6. The lowest BCUT2D eigenvalue weighted by atomic mass is 10.3. The summed E-state index contributed by atoms with van der Waals surface area (Å²) in [6.07, 6.45) is 8.67. The fourth-order valence-electron chi connectivity index (χ4n) is 4.63. The summed E-state index contributed by atoms with van der Waals surface area (Å²) in [6.45, 7) is 11.9. The second-order valence-corrected chi connectivity index (χ2v) is 16.7. The van der Waals surface area contributed by atoms with Crippen LogP contribution in [-0.4, -0.2) is 28.6 Å². The second kappa shape index (κ2) is 14.7. The van der Waals surface area contributed by atoms with Gasteiger partial charge in [0, 0.05) is 13.8 Å². The van der Waals surface area contributed by atoms with Crippen LogP contribution in [0, 0.1) is 0 Å². The SMILES string of the molecule is CCCC[Si](CCCC)(OC(C)=O)c1ccc([Si](CCCC)(CCCC)OC(C)=O)cc1. The molecule has 0 radical (unpaired) electrons. The molecule has 0 atom stereocenters. The van der Waals surface area contributed by atoms with Crippen LogP contribution in [0.2, 0.25) is 24.2 Å². The average molecular weight is 479 g/mol. The van der Waals surface area contributed by atoms with E-state index >= 15 is 0 Å². The standard InChI is InChI=1S/C26H46O4Si2/c1-7-11-19-31(20-12-8-2,29-23(5)27)25-15-17-26(18-16-25)32(21-13-9-3,22-14-10-4)30-24(6)28/h15-18H,7-14,19-22H2,1-6H3. The molecule has 0 unspecified atom stereocenters. The third kappa shape index (κ3) is 8.51. The zero-order valence-electron chi connectivity index (χ0n) is 21.4. The van der Waals surface area contributed by atoms with Gasteiger partial charge in [-0.05, 0) is 34.5 Å². The van der Waals surface area contributed by atoms with Gasteiger partial charge in [-0.15, -0.1) is 0 Å². The van der Waals surface area contributed by atoms with Crippen LogP contribution in [0.25, 0.3) is 0 Å². The van der Waals surface area contributed by atoms with Crippen molar-refractivity contribution in [3.8, 4) is 0 Å². The molecule has 0 N–H and O–H groups in total. The molecule has 182 valence electrons. The van der Waals surface area contributed by atoms with E-state index in [4.69, 9.17) is 8.85 Å². The van der Waals surface area contributed by atoms with Crippen LogP contribution in [0.3, 0.4) is 0 Å². The van der Waals surface area contributed by atoms with Crippen molar-refractivity contribution >= 4 is 38.9 Å². The molecule has 0 heterocycles.